The van der Waals surface area contributed by atoms with Gasteiger partial charge in [-0.25, -0.2) is 9.78 Å². The number of fused-ring (bicyclic) bond motifs is 1. The third-order valence-electron chi connectivity index (χ3n) is 4.75. The lowest BCUT2D eigenvalue weighted by atomic mass is 10.0. The van der Waals surface area contributed by atoms with Crippen LogP contribution in [-0.2, 0) is 13.5 Å². The molecule has 2 amide bonds. The molecule has 1 saturated heterocycles. The Morgan fingerprint density at radius 1 is 1.40 bits per heavy atom. The lowest BCUT2D eigenvalue weighted by Crippen LogP contribution is -2.39. The Labute approximate surface area is 146 Å². The van der Waals surface area contributed by atoms with E-state index in [0.717, 1.165) is 36.4 Å². The largest absolute Gasteiger partial charge is 0.342 e. The number of hydrogen-bond acceptors (Lipinski definition) is 3. The first-order valence-electron chi connectivity index (χ1n) is 8.64. The van der Waals surface area contributed by atoms with E-state index in [1.54, 1.807) is 0 Å². The number of amides is 2. The molecule has 1 unspecified atom stereocenters. The number of nitrogens with one attached hydrogen (secondary N) is 2. The fourth-order valence-corrected chi connectivity index (χ4v) is 3.39. The monoisotopic (exact) mass is 338 g/mol. The molecule has 3 aromatic rings. The highest BCUT2D eigenvalue weighted by Gasteiger charge is 2.27. The van der Waals surface area contributed by atoms with Gasteiger partial charge in [0.25, 0.3) is 0 Å². The maximum absolute atomic E-state index is 12.4. The molecule has 0 aliphatic carbocycles. The Morgan fingerprint density at radius 2 is 2.28 bits per heavy atom. The number of aromatic nitrogens is 4. The van der Waals surface area contributed by atoms with Crippen LogP contribution in [0.15, 0.2) is 36.7 Å². The Balaban J connectivity index is 1.28. The molecule has 0 bridgehead atoms. The van der Waals surface area contributed by atoms with Crippen molar-refractivity contribution >= 4 is 17.1 Å². The van der Waals surface area contributed by atoms with E-state index in [1.807, 2.05) is 53.3 Å². The van der Waals surface area contributed by atoms with Crippen molar-refractivity contribution < 1.29 is 4.79 Å². The van der Waals surface area contributed by atoms with Gasteiger partial charge < -0.3 is 15.2 Å². The van der Waals surface area contributed by atoms with Crippen LogP contribution in [0.2, 0.25) is 0 Å². The molecule has 1 aliphatic heterocycles. The summed E-state index contributed by atoms with van der Waals surface area (Å²) in [6.07, 6.45) is 5.62. The van der Waals surface area contributed by atoms with Gasteiger partial charge in [-0.15, -0.1) is 0 Å². The van der Waals surface area contributed by atoms with Crippen molar-refractivity contribution in [3.63, 3.8) is 0 Å². The zero-order valence-corrected chi connectivity index (χ0v) is 14.3. The van der Waals surface area contributed by atoms with Crippen LogP contribution < -0.4 is 5.32 Å². The van der Waals surface area contributed by atoms with E-state index in [0.29, 0.717) is 18.9 Å². The zero-order valence-electron chi connectivity index (χ0n) is 14.3. The zero-order chi connectivity index (χ0) is 17.2. The van der Waals surface area contributed by atoms with Crippen LogP contribution in [0, 0.1) is 0 Å². The first-order valence-corrected chi connectivity index (χ1v) is 8.64. The molecular formula is C18H22N6O. The van der Waals surface area contributed by atoms with Crippen molar-refractivity contribution in [3.05, 3.63) is 48.0 Å². The molecule has 130 valence electrons. The van der Waals surface area contributed by atoms with E-state index < -0.39 is 0 Å². The van der Waals surface area contributed by atoms with Gasteiger partial charge in [-0.05, 0) is 24.1 Å². The number of aromatic amines is 1. The summed E-state index contributed by atoms with van der Waals surface area (Å²) in [6, 6.07) is 7.95. The van der Waals surface area contributed by atoms with Gasteiger partial charge in [0.1, 0.15) is 5.82 Å². The molecule has 1 aromatic carbocycles. The molecule has 25 heavy (non-hydrogen) atoms. The SMILES string of the molecule is Cn1cc(C2CCN(C(=O)NCCc3nc4ccccc4[nH]3)C2)cn1. The minimum Gasteiger partial charge on any atom is -0.342 e. The topological polar surface area (TPSA) is 78.8 Å². The Bertz CT molecular complexity index is 849. The number of likely N-dealkylation sites (tertiary alicyclic amines) is 1. The predicted octanol–water partition coefficient (Wildman–Crippen LogP) is 2.04. The van der Waals surface area contributed by atoms with Gasteiger partial charge in [0, 0.05) is 45.2 Å². The lowest BCUT2D eigenvalue weighted by molar-refractivity contribution is 0.208. The van der Waals surface area contributed by atoms with Crippen molar-refractivity contribution in [1.82, 2.24) is 30.0 Å². The summed E-state index contributed by atoms with van der Waals surface area (Å²) in [5, 5.41) is 7.22. The molecule has 0 spiro atoms. The van der Waals surface area contributed by atoms with Gasteiger partial charge in [-0.2, -0.15) is 5.10 Å². The molecular weight excluding hydrogens is 316 g/mol. The van der Waals surface area contributed by atoms with E-state index in [2.05, 4.69) is 20.4 Å². The second-order valence-corrected chi connectivity index (χ2v) is 6.56. The second kappa shape index (κ2) is 6.58. The molecule has 7 heteroatoms. The molecule has 2 aromatic heterocycles. The number of aryl methyl sites for hydroxylation is 1. The lowest BCUT2D eigenvalue weighted by Gasteiger charge is -2.17. The van der Waals surface area contributed by atoms with E-state index in [1.165, 1.54) is 5.56 Å². The number of imidazole rings is 1. The molecule has 1 atom stereocenters. The third-order valence-corrected chi connectivity index (χ3v) is 4.75. The minimum atomic E-state index is 0.00232. The van der Waals surface area contributed by atoms with Crippen molar-refractivity contribution in [1.29, 1.82) is 0 Å². The maximum Gasteiger partial charge on any atom is 0.317 e. The smallest absolute Gasteiger partial charge is 0.317 e. The van der Waals surface area contributed by atoms with E-state index in [-0.39, 0.29) is 6.03 Å². The quantitative estimate of drug-likeness (QED) is 0.764. The minimum absolute atomic E-state index is 0.00232. The molecule has 1 aliphatic rings. The van der Waals surface area contributed by atoms with Crippen molar-refractivity contribution in [2.24, 2.45) is 7.05 Å². The first-order chi connectivity index (χ1) is 12.2. The summed E-state index contributed by atoms with van der Waals surface area (Å²) in [5.41, 5.74) is 3.20. The maximum atomic E-state index is 12.4. The highest BCUT2D eigenvalue weighted by molar-refractivity contribution is 5.75. The van der Waals surface area contributed by atoms with E-state index in [4.69, 9.17) is 0 Å². The molecule has 1 fully saturated rings. The number of nitrogens with zero attached hydrogens (tertiary/aromatic N) is 4. The van der Waals surface area contributed by atoms with Gasteiger partial charge in [0.15, 0.2) is 0 Å². The highest BCUT2D eigenvalue weighted by atomic mass is 16.2. The van der Waals surface area contributed by atoms with E-state index in [9.17, 15) is 4.79 Å². The summed E-state index contributed by atoms with van der Waals surface area (Å²) in [7, 11) is 1.92. The Morgan fingerprint density at radius 3 is 3.08 bits per heavy atom. The van der Waals surface area contributed by atoms with Gasteiger partial charge in [-0.1, -0.05) is 12.1 Å². The summed E-state index contributed by atoms with van der Waals surface area (Å²) >= 11 is 0. The average molecular weight is 338 g/mol. The summed E-state index contributed by atoms with van der Waals surface area (Å²) in [4.78, 5) is 22.1. The molecule has 0 radical (unpaired) electrons. The normalized spacial score (nSPS) is 17.3. The number of hydrogen-bond donors (Lipinski definition) is 2. The number of urea groups is 1. The van der Waals surface area contributed by atoms with Gasteiger partial charge in [0.2, 0.25) is 0 Å². The van der Waals surface area contributed by atoms with Crippen LogP contribution in [0.4, 0.5) is 4.79 Å². The summed E-state index contributed by atoms with van der Waals surface area (Å²) in [6.45, 7) is 2.12. The molecule has 0 saturated carbocycles. The van der Waals surface area contributed by atoms with Crippen molar-refractivity contribution in [2.45, 2.75) is 18.8 Å². The predicted molar refractivity (Wildman–Crippen MR) is 95.3 cm³/mol. The number of carbonyl (C=O) groups is 1. The average Bonchev–Trinajstić information content (AvgIpc) is 3.32. The number of para-hydroxylation sites is 2. The van der Waals surface area contributed by atoms with Gasteiger partial charge in [0.05, 0.1) is 17.2 Å². The van der Waals surface area contributed by atoms with Gasteiger partial charge >= 0.3 is 6.03 Å². The summed E-state index contributed by atoms with van der Waals surface area (Å²) < 4.78 is 1.81. The van der Waals surface area contributed by atoms with Crippen LogP contribution in [-0.4, -0.2) is 50.3 Å². The Kier molecular flexibility index (Phi) is 4.13. The van der Waals surface area contributed by atoms with Crippen LogP contribution in [0.5, 0.6) is 0 Å². The second-order valence-electron chi connectivity index (χ2n) is 6.56. The number of benzene rings is 1. The van der Waals surface area contributed by atoms with Crippen molar-refractivity contribution in [3.8, 4) is 0 Å². The van der Waals surface area contributed by atoms with Crippen LogP contribution in [0.25, 0.3) is 11.0 Å². The number of carbonyl (C=O) groups excluding carboxylic acids is 1. The molecule has 7 nitrogen and oxygen atoms in total. The molecule has 2 N–H and O–H groups in total. The number of H-pyrrole nitrogens is 1. The standard InChI is InChI=1S/C18H22N6O/c1-23-11-14(10-20-23)13-7-9-24(12-13)18(25)19-8-6-17-21-15-4-2-3-5-16(15)22-17/h2-5,10-11,13H,6-9,12H2,1H3,(H,19,25)(H,21,22). The highest BCUT2D eigenvalue weighted by Crippen LogP contribution is 2.26. The van der Waals surface area contributed by atoms with Crippen LogP contribution in [0.3, 0.4) is 0 Å². The van der Waals surface area contributed by atoms with Gasteiger partial charge in [-0.3, -0.25) is 4.68 Å². The van der Waals surface area contributed by atoms with Crippen molar-refractivity contribution in [2.75, 3.05) is 19.6 Å². The fraction of sp³-hybridized carbons (Fsp3) is 0.389. The number of rotatable bonds is 4. The third kappa shape index (κ3) is 3.35. The Hall–Kier alpha value is -2.83. The fourth-order valence-electron chi connectivity index (χ4n) is 3.39. The van der Waals surface area contributed by atoms with Crippen LogP contribution in [0.1, 0.15) is 23.7 Å². The molecule has 4 rings (SSSR count). The summed E-state index contributed by atoms with van der Waals surface area (Å²) in [5.74, 6) is 1.28. The molecule has 3 heterocycles. The van der Waals surface area contributed by atoms with E-state index >= 15 is 0 Å². The van der Waals surface area contributed by atoms with Crippen LogP contribution >= 0.6 is 0 Å². The first kappa shape index (κ1) is 15.7.